The van der Waals surface area contributed by atoms with E-state index in [9.17, 15) is 5.26 Å². The van der Waals surface area contributed by atoms with E-state index in [0.717, 1.165) is 47.0 Å². The maximum Gasteiger partial charge on any atom is 0.137 e. The number of hydrogen-bond donors (Lipinski definition) is 1. The first-order valence-corrected chi connectivity index (χ1v) is 11.4. The fraction of sp³-hybridized carbons (Fsp3) is 0.240. The standard InChI is InChI=1S/C25H23Cl2N5/c1-3-6-20(4-2)32-15-19(14-31-32)17-10-21-18(13-30-25(21)29-12-17)9-16(11-28)24-22(26)7-5-8-23(24)27/h5,7-10,12-15,20H,3-4,6H2,1-2H3,(H,29,30)/b16-9+. The smallest absolute Gasteiger partial charge is 0.137 e. The van der Waals surface area contributed by atoms with Crippen molar-refractivity contribution in [3.8, 4) is 17.2 Å². The first-order valence-electron chi connectivity index (χ1n) is 10.6. The van der Waals surface area contributed by atoms with Crippen LogP contribution in [0.15, 0.2) is 49.1 Å². The normalized spacial score (nSPS) is 12.8. The fourth-order valence-corrected chi connectivity index (χ4v) is 4.52. The monoisotopic (exact) mass is 463 g/mol. The fourth-order valence-electron chi connectivity index (χ4n) is 3.92. The van der Waals surface area contributed by atoms with Gasteiger partial charge in [-0.3, -0.25) is 4.68 Å². The van der Waals surface area contributed by atoms with E-state index in [0.29, 0.717) is 27.2 Å². The molecule has 0 amide bonds. The third kappa shape index (κ3) is 4.29. The Morgan fingerprint density at radius 3 is 2.69 bits per heavy atom. The lowest BCUT2D eigenvalue weighted by Crippen LogP contribution is -2.07. The molecule has 0 aliphatic heterocycles. The van der Waals surface area contributed by atoms with Crippen LogP contribution in [0.25, 0.3) is 33.8 Å². The Morgan fingerprint density at radius 1 is 1.22 bits per heavy atom. The lowest BCUT2D eigenvalue weighted by molar-refractivity contribution is 0.409. The summed E-state index contributed by atoms with van der Waals surface area (Å²) in [4.78, 5) is 7.75. The summed E-state index contributed by atoms with van der Waals surface area (Å²) in [5, 5.41) is 16.2. The van der Waals surface area contributed by atoms with Gasteiger partial charge in [0.05, 0.1) is 33.9 Å². The van der Waals surface area contributed by atoms with Crippen LogP contribution < -0.4 is 0 Å². The van der Waals surface area contributed by atoms with Crippen LogP contribution in [0.4, 0.5) is 0 Å². The molecular weight excluding hydrogens is 441 g/mol. The maximum atomic E-state index is 9.78. The van der Waals surface area contributed by atoms with Gasteiger partial charge in [0.25, 0.3) is 0 Å². The zero-order valence-corrected chi connectivity index (χ0v) is 19.5. The topological polar surface area (TPSA) is 70.3 Å². The van der Waals surface area contributed by atoms with E-state index in [2.05, 4.69) is 47.2 Å². The maximum absolute atomic E-state index is 9.78. The van der Waals surface area contributed by atoms with Crippen molar-refractivity contribution in [2.45, 2.75) is 39.2 Å². The van der Waals surface area contributed by atoms with Gasteiger partial charge < -0.3 is 4.98 Å². The molecule has 3 heterocycles. The second kappa shape index (κ2) is 9.60. The molecule has 162 valence electrons. The number of H-pyrrole nitrogens is 1. The van der Waals surface area contributed by atoms with E-state index in [1.807, 2.05) is 23.3 Å². The van der Waals surface area contributed by atoms with Crippen molar-refractivity contribution in [2.75, 3.05) is 0 Å². The van der Waals surface area contributed by atoms with E-state index in [1.165, 1.54) is 0 Å². The zero-order valence-electron chi connectivity index (χ0n) is 17.9. The lowest BCUT2D eigenvalue weighted by atomic mass is 10.0. The first kappa shape index (κ1) is 22.1. The van der Waals surface area contributed by atoms with Crippen LogP contribution in [0, 0.1) is 11.3 Å². The summed E-state index contributed by atoms with van der Waals surface area (Å²) >= 11 is 12.6. The second-order valence-electron chi connectivity index (χ2n) is 7.69. The highest BCUT2D eigenvalue weighted by molar-refractivity contribution is 6.38. The van der Waals surface area contributed by atoms with Crippen LogP contribution in [-0.4, -0.2) is 19.7 Å². The van der Waals surface area contributed by atoms with Crippen molar-refractivity contribution < 1.29 is 0 Å². The number of nitrogens with one attached hydrogen (secondary N) is 1. The highest BCUT2D eigenvalue weighted by atomic mass is 35.5. The van der Waals surface area contributed by atoms with Crippen molar-refractivity contribution in [2.24, 2.45) is 0 Å². The third-order valence-electron chi connectivity index (χ3n) is 5.62. The molecule has 4 aromatic rings. The van der Waals surface area contributed by atoms with E-state index in [1.54, 1.807) is 24.3 Å². The summed E-state index contributed by atoms with van der Waals surface area (Å²) in [7, 11) is 0. The van der Waals surface area contributed by atoms with Crippen molar-refractivity contribution in [1.82, 2.24) is 19.7 Å². The molecule has 0 saturated heterocycles. The summed E-state index contributed by atoms with van der Waals surface area (Å²) in [5.41, 5.74) is 4.49. The number of nitriles is 1. The Kier molecular flexibility index (Phi) is 6.64. The lowest BCUT2D eigenvalue weighted by Gasteiger charge is -2.13. The molecule has 1 atom stereocenters. The largest absolute Gasteiger partial charge is 0.346 e. The third-order valence-corrected chi connectivity index (χ3v) is 6.25. The first-order chi connectivity index (χ1) is 15.5. The van der Waals surface area contributed by atoms with Crippen LogP contribution in [0.5, 0.6) is 0 Å². The van der Waals surface area contributed by atoms with Gasteiger partial charge in [-0.05, 0) is 37.1 Å². The van der Waals surface area contributed by atoms with Gasteiger partial charge in [0.15, 0.2) is 0 Å². The molecule has 0 spiro atoms. The van der Waals surface area contributed by atoms with Crippen molar-refractivity contribution in [3.05, 3.63) is 70.2 Å². The Balaban J connectivity index is 1.75. The average Bonchev–Trinajstić information content (AvgIpc) is 3.43. The summed E-state index contributed by atoms with van der Waals surface area (Å²) < 4.78 is 2.05. The highest BCUT2D eigenvalue weighted by Crippen LogP contribution is 2.33. The molecule has 32 heavy (non-hydrogen) atoms. The van der Waals surface area contributed by atoms with Crippen LogP contribution in [0.2, 0.25) is 10.0 Å². The quantitative estimate of drug-likeness (QED) is 0.287. The van der Waals surface area contributed by atoms with E-state index in [4.69, 9.17) is 23.2 Å². The molecular formula is C25H23Cl2N5. The van der Waals surface area contributed by atoms with Gasteiger partial charge >= 0.3 is 0 Å². The molecule has 1 unspecified atom stereocenters. The molecule has 3 aromatic heterocycles. The number of nitrogens with zero attached hydrogens (tertiary/aromatic N) is 4. The predicted octanol–water partition coefficient (Wildman–Crippen LogP) is 7.55. The minimum atomic E-state index is 0.394. The highest BCUT2D eigenvalue weighted by Gasteiger charge is 2.14. The van der Waals surface area contributed by atoms with E-state index in [-0.39, 0.29) is 0 Å². The van der Waals surface area contributed by atoms with Gasteiger partial charge in [0, 0.05) is 46.2 Å². The Labute approximate surface area is 197 Å². The van der Waals surface area contributed by atoms with Gasteiger partial charge in [-0.25, -0.2) is 4.98 Å². The van der Waals surface area contributed by atoms with Gasteiger partial charge in [-0.2, -0.15) is 10.4 Å². The second-order valence-corrected chi connectivity index (χ2v) is 8.50. The van der Waals surface area contributed by atoms with Crippen molar-refractivity contribution >= 4 is 45.9 Å². The van der Waals surface area contributed by atoms with Gasteiger partial charge in [0.2, 0.25) is 0 Å². The van der Waals surface area contributed by atoms with Crippen molar-refractivity contribution in [3.63, 3.8) is 0 Å². The molecule has 0 bridgehead atoms. The number of pyridine rings is 1. The summed E-state index contributed by atoms with van der Waals surface area (Å²) in [6, 6.07) is 9.90. The molecule has 1 N–H and O–H groups in total. The summed E-state index contributed by atoms with van der Waals surface area (Å²) in [6.07, 6.45) is 12.7. The van der Waals surface area contributed by atoms with Crippen LogP contribution in [-0.2, 0) is 0 Å². The summed E-state index contributed by atoms with van der Waals surface area (Å²) in [5.74, 6) is 0. The number of halogens is 2. The molecule has 0 fully saturated rings. The summed E-state index contributed by atoms with van der Waals surface area (Å²) in [6.45, 7) is 4.38. The molecule has 0 saturated carbocycles. The van der Waals surface area contributed by atoms with Gasteiger partial charge in [-0.1, -0.05) is 49.5 Å². The molecule has 1 aromatic carbocycles. The number of aromatic nitrogens is 4. The molecule has 0 radical (unpaired) electrons. The van der Waals surface area contributed by atoms with Crippen molar-refractivity contribution in [1.29, 1.82) is 5.26 Å². The number of fused-ring (bicyclic) bond motifs is 1. The number of allylic oxidation sites excluding steroid dienone is 1. The van der Waals surface area contributed by atoms with E-state index >= 15 is 0 Å². The van der Waals surface area contributed by atoms with Crippen LogP contribution in [0.1, 0.15) is 50.3 Å². The Bertz CT molecular complexity index is 1310. The molecule has 0 aliphatic carbocycles. The minimum Gasteiger partial charge on any atom is -0.346 e. The Morgan fingerprint density at radius 2 is 2.00 bits per heavy atom. The number of aromatic amines is 1. The number of rotatable bonds is 7. The minimum absolute atomic E-state index is 0.394. The van der Waals surface area contributed by atoms with E-state index < -0.39 is 0 Å². The Hall–Kier alpha value is -3.07. The predicted molar refractivity (Wildman–Crippen MR) is 131 cm³/mol. The molecule has 5 nitrogen and oxygen atoms in total. The van der Waals surface area contributed by atoms with Gasteiger partial charge in [0.1, 0.15) is 5.65 Å². The number of benzene rings is 1. The molecule has 4 rings (SSSR count). The van der Waals surface area contributed by atoms with Crippen LogP contribution in [0.3, 0.4) is 0 Å². The average molecular weight is 464 g/mol. The molecule has 0 aliphatic rings. The zero-order chi connectivity index (χ0) is 22.7. The number of hydrogen-bond acceptors (Lipinski definition) is 3. The van der Waals surface area contributed by atoms with Gasteiger partial charge in [-0.15, -0.1) is 0 Å². The molecule has 7 heteroatoms. The van der Waals surface area contributed by atoms with Crippen LogP contribution >= 0.6 is 23.2 Å². The SMILES string of the molecule is CCCC(CC)n1cc(-c2cnc3[nH]cc(/C=C(\C#N)c4c(Cl)cccc4Cl)c3c2)cn1.